The van der Waals surface area contributed by atoms with Gasteiger partial charge >= 0.3 is 0 Å². The maximum atomic E-state index is 13.4. The quantitative estimate of drug-likeness (QED) is 0.769. The Balaban J connectivity index is 1.98. The van der Waals surface area contributed by atoms with Gasteiger partial charge in [-0.1, -0.05) is 23.7 Å². The molecule has 0 atom stereocenters. The highest BCUT2D eigenvalue weighted by Crippen LogP contribution is 2.31. The molecule has 1 aliphatic carbocycles. The van der Waals surface area contributed by atoms with E-state index in [9.17, 15) is 9.18 Å². The van der Waals surface area contributed by atoms with E-state index in [1.54, 1.807) is 12.1 Å². The molecule has 1 aromatic rings. The number of hydrogen-bond acceptors (Lipinski definition) is 1. The molecule has 0 unspecified atom stereocenters. The number of hydrogen-bond donors (Lipinski definition) is 0. The third kappa shape index (κ3) is 2.57. The summed E-state index contributed by atoms with van der Waals surface area (Å²) in [7, 11) is 0. The zero-order valence-electron chi connectivity index (χ0n) is 8.30. The van der Waals surface area contributed by atoms with E-state index in [1.807, 2.05) is 0 Å². The lowest BCUT2D eigenvalue weighted by atomic mass is 10.1. The minimum absolute atomic E-state index is 0.131. The van der Waals surface area contributed by atoms with Gasteiger partial charge in [0.05, 0.1) is 5.02 Å². The molecule has 0 aliphatic heterocycles. The summed E-state index contributed by atoms with van der Waals surface area (Å²) in [6.45, 7) is 0. The van der Waals surface area contributed by atoms with E-state index in [4.69, 9.17) is 11.6 Å². The van der Waals surface area contributed by atoms with Crippen LogP contribution in [-0.2, 0) is 11.2 Å². The van der Waals surface area contributed by atoms with Crippen molar-refractivity contribution in [2.24, 2.45) is 5.92 Å². The van der Waals surface area contributed by atoms with E-state index in [-0.39, 0.29) is 22.5 Å². The van der Waals surface area contributed by atoms with Crippen molar-refractivity contribution in [2.45, 2.75) is 25.7 Å². The van der Waals surface area contributed by atoms with Crippen LogP contribution in [0.1, 0.15) is 24.8 Å². The van der Waals surface area contributed by atoms with Gasteiger partial charge in [-0.2, -0.15) is 0 Å². The highest BCUT2D eigenvalue weighted by atomic mass is 35.5. The van der Waals surface area contributed by atoms with E-state index in [0.717, 1.165) is 12.8 Å². The first-order chi connectivity index (χ1) is 7.18. The second-order valence-corrected chi connectivity index (χ2v) is 4.36. The van der Waals surface area contributed by atoms with Gasteiger partial charge in [-0.25, -0.2) is 4.39 Å². The summed E-state index contributed by atoms with van der Waals surface area (Å²) < 4.78 is 13.4. The van der Waals surface area contributed by atoms with Crippen LogP contribution in [0.15, 0.2) is 18.2 Å². The van der Waals surface area contributed by atoms with Crippen LogP contribution in [0.2, 0.25) is 5.02 Å². The summed E-state index contributed by atoms with van der Waals surface area (Å²) in [5, 5.41) is 0.131. The predicted octanol–water partition coefficient (Wildman–Crippen LogP) is 3.39. The molecule has 0 N–H and O–H groups in total. The van der Waals surface area contributed by atoms with Gasteiger partial charge in [0, 0.05) is 12.3 Å². The predicted molar refractivity (Wildman–Crippen MR) is 57.5 cm³/mol. The molecule has 1 aliphatic rings. The van der Waals surface area contributed by atoms with Crippen molar-refractivity contribution in [1.82, 2.24) is 0 Å². The lowest BCUT2D eigenvalue weighted by Gasteiger charge is -2.03. The maximum Gasteiger partial charge on any atom is 0.144 e. The van der Waals surface area contributed by atoms with Gasteiger partial charge in [-0.3, -0.25) is 4.79 Å². The fourth-order valence-corrected chi connectivity index (χ4v) is 1.80. The van der Waals surface area contributed by atoms with E-state index in [2.05, 4.69) is 0 Å². The monoisotopic (exact) mass is 226 g/mol. The average molecular weight is 227 g/mol. The molecule has 1 fully saturated rings. The minimum atomic E-state index is -0.386. The van der Waals surface area contributed by atoms with Crippen molar-refractivity contribution in [3.05, 3.63) is 34.6 Å². The topological polar surface area (TPSA) is 17.1 Å². The van der Waals surface area contributed by atoms with Gasteiger partial charge in [-0.05, 0) is 30.9 Å². The first-order valence-corrected chi connectivity index (χ1v) is 5.52. The number of carbonyl (C=O) groups excluding carboxylic acids is 1. The summed E-state index contributed by atoms with van der Waals surface area (Å²) in [6, 6.07) is 4.91. The Bertz CT molecular complexity index is 385. The summed E-state index contributed by atoms with van der Waals surface area (Å²) in [5.41, 5.74) is 0.538. The standard InChI is InChI=1S/C12H12ClFO/c13-10-3-1-2-9(12(10)14)6-7-11(15)8-4-5-8/h1-3,8H,4-7H2. The van der Waals surface area contributed by atoms with Gasteiger partial charge in [0.2, 0.25) is 0 Å². The molecule has 1 aromatic carbocycles. The van der Waals surface area contributed by atoms with Gasteiger partial charge in [0.15, 0.2) is 0 Å². The fourth-order valence-electron chi connectivity index (χ4n) is 1.61. The van der Waals surface area contributed by atoms with Crippen LogP contribution in [-0.4, -0.2) is 5.78 Å². The van der Waals surface area contributed by atoms with Crippen LogP contribution in [0.4, 0.5) is 4.39 Å². The first-order valence-electron chi connectivity index (χ1n) is 5.14. The summed E-state index contributed by atoms with van der Waals surface area (Å²) in [6.07, 6.45) is 2.91. The molecular weight excluding hydrogens is 215 g/mol. The van der Waals surface area contributed by atoms with Crippen LogP contribution in [0.5, 0.6) is 0 Å². The van der Waals surface area contributed by atoms with Crippen LogP contribution in [0.25, 0.3) is 0 Å². The van der Waals surface area contributed by atoms with E-state index < -0.39 is 0 Å². The van der Waals surface area contributed by atoms with Crippen LogP contribution in [0.3, 0.4) is 0 Å². The normalized spacial score (nSPS) is 15.3. The van der Waals surface area contributed by atoms with Crippen LogP contribution < -0.4 is 0 Å². The minimum Gasteiger partial charge on any atom is -0.299 e. The highest BCUT2D eigenvalue weighted by Gasteiger charge is 2.28. The zero-order valence-corrected chi connectivity index (χ0v) is 9.06. The number of ketones is 1. The van der Waals surface area contributed by atoms with Crippen molar-refractivity contribution in [1.29, 1.82) is 0 Å². The first kappa shape index (κ1) is 10.6. The number of carbonyl (C=O) groups is 1. The molecule has 3 heteroatoms. The van der Waals surface area contributed by atoms with Gasteiger partial charge in [-0.15, -0.1) is 0 Å². The van der Waals surface area contributed by atoms with Gasteiger partial charge < -0.3 is 0 Å². The van der Waals surface area contributed by atoms with E-state index in [1.165, 1.54) is 6.07 Å². The smallest absolute Gasteiger partial charge is 0.144 e. The molecule has 0 bridgehead atoms. The molecule has 0 spiro atoms. The summed E-state index contributed by atoms with van der Waals surface area (Å²) in [4.78, 5) is 11.4. The number of halogens is 2. The Hall–Kier alpha value is -0.890. The third-order valence-corrected chi connectivity index (χ3v) is 3.00. The fraction of sp³-hybridized carbons (Fsp3) is 0.417. The lowest BCUT2D eigenvalue weighted by Crippen LogP contribution is -2.03. The van der Waals surface area contributed by atoms with Crippen molar-refractivity contribution < 1.29 is 9.18 Å². The Morgan fingerprint density at radius 2 is 2.20 bits per heavy atom. The molecular formula is C12H12ClFO. The van der Waals surface area contributed by atoms with Gasteiger partial charge in [0.25, 0.3) is 0 Å². The molecule has 1 saturated carbocycles. The molecule has 0 saturated heterocycles. The van der Waals surface area contributed by atoms with Crippen molar-refractivity contribution in [3.63, 3.8) is 0 Å². The van der Waals surface area contributed by atoms with Gasteiger partial charge in [0.1, 0.15) is 11.6 Å². The maximum absolute atomic E-state index is 13.4. The molecule has 15 heavy (non-hydrogen) atoms. The van der Waals surface area contributed by atoms with Crippen LogP contribution >= 0.6 is 11.6 Å². The largest absolute Gasteiger partial charge is 0.299 e. The molecule has 2 rings (SSSR count). The molecule has 0 aromatic heterocycles. The molecule has 80 valence electrons. The lowest BCUT2D eigenvalue weighted by molar-refractivity contribution is -0.120. The molecule has 0 amide bonds. The van der Waals surface area contributed by atoms with Crippen molar-refractivity contribution >= 4 is 17.4 Å². The molecule has 0 heterocycles. The molecule has 0 radical (unpaired) electrons. The Morgan fingerprint density at radius 3 is 2.87 bits per heavy atom. The summed E-state index contributed by atoms with van der Waals surface area (Å²) >= 11 is 5.64. The Morgan fingerprint density at radius 1 is 1.47 bits per heavy atom. The van der Waals surface area contributed by atoms with Crippen molar-refractivity contribution in [3.8, 4) is 0 Å². The number of benzene rings is 1. The molecule has 1 nitrogen and oxygen atoms in total. The average Bonchev–Trinajstić information content (AvgIpc) is 3.03. The van der Waals surface area contributed by atoms with E-state index in [0.29, 0.717) is 18.4 Å². The zero-order chi connectivity index (χ0) is 10.8. The Labute approximate surface area is 93.2 Å². The van der Waals surface area contributed by atoms with E-state index >= 15 is 0 Å². The third-order valence-electron chi connectivity index (χ3n) is 2.71. The Kier molecular flexibility index (Phi) is 3.06. The highest BCUT2D eigenvalue weighted by molar-refractivity contribution is 6.30. The number of Topliss-reactive ketones (excluding diaryl/α,β-unsaturated/α-hetero) is 1. The second kappa shape index (κ2) is 4.31. The SMILES string of the molecule is O=C(CCc1cccc(Cl)c1F)C1CC1. The number of aryl methyl sites for hydroxylation is 1. The second-order valence-electron chi connectivity index (χ2n) is 3.95. The van der Waals surface area contributed by atoms with Crippen molar-refractivity contribution in [2.75, 3.05) is 0 Å². The summed E-state index contributed by atoms with van der Waals surface area (Å²) in [5.74, 6) is 0.129. The number of rotatable bonds is 4. The van der Waals surface area contributed by atoms with Crippen LogP contribution in [0, 0.1) is 11.7 Å².